The van der Waals surface area contributed by atoms with Crippen molar-refractivity contribution in [1.82, 2.24) is 4.98 Å². The number of hydrogen-bond donors (Lipinski definition) is 0. The predicted octanol–water partition coefficient (Wildman–Crippen LogP) is 4.16. The Balaban J connectivity index is 2.24. The van der Waals surface area contributed by atoms with Gasteiger partial charge in [-0.15, -0.1) is 0 Å². The quantitative estimate of drug-likeness (QED) is 0.676. The van der Waals surface area contributed by atoms with Crippen LogP contribution in [0.5, 0.6) is 0 Å². The van der Waals surface area contributed by atoms with Crippen molar-refractivity contribution in [2.24, 2.45) is 0 Å². The molecule has 0 aliphatic heterocycles. The highest BCUT2D eigenvalue weighted by molar-refractivity contribution is 6.31. The van der Waals surface area contributed by atoms with Crippen LogP contribution < -0.4 is 5.56 Å². The first-order chi connectivity index (χ1) is 9.13. The maximum absolute atomic E-state index is 11.9. The lowest BCUT2D eigenvalue weighted by atomic mass is 10.2. The molecule has 5 heteroatoms. The third kappa shape index (κ3) is 2.35. The zero-order valence-corrected chi connectivity index (χ0v) is 11.1. The van der Waals surface area contributed by atoms with Crippen molar-refractivity contribution in [3.63, 3.8) is 0 Å². The largest absolute Gasteiger partial charge is 0.437 e. The Kier molecular flexibility index (Phi) is 3.01. The minimum Gasteiger partial charge on any atom is -0.437 e. The molecule has 3 nitrogen and oxygen atoms in total. The van der Waals surface area contributed by atoms with E-state index in [9.17, 15) is 4.79 Å². The van der Waals surface area contributed by atoms with Crippen molar-refractivity contribution in [2.45, 2.75) is 0 Å². The fourth-order valence-electron chi connectivity index (χ4n) is 1.75. The molecule has 0 atom stereocenters. The number of halogens is 2. The Labute approximate surface area is 118 Å². The van der Waals surface area contributed by atoms with Crippen LogP contribution in [0, 0.1) is 0 Å². The molecule has 0 radical (unpaired) electrons. The molecule has 0 saturated heterocycles. The molecule has 1 aromatic heterocycles. The van der Waals surface area contributed by atoms with Crippen LogP contribution in [-0.4, -0.2) is 4.98 Å². The van der Waals surface area contributed by atoms with E-state index >= 15 is 0 Å². The van der Waals surface area contributed by atoms with E-state index < -0.39 is 0 Å². The topological polar surface area (TPSA) is 43.1 Å². The van der Waals surface area contributed by atoms with Crippen LogP contribution in [0.25, 0.3) is 22.4 Å². The lowest BCUT2D eigenvalue weighted by Crippen LogP contribution is -2.07. The molecule has 0 aliphatic rings. The molecule has 0 amide bonds. The Morgan fingerprint density at radius 3 is 2.37 bits per heavy atom. The standard InChI is InChI=1S/C14H7Cl2NO2/c15-9-3-1-8(2-4-9)14-17-13(18)11-7-10(16)5-6-12(11)19-14/h1-7H. The van der Waals surface area contributed by atoms with Gasteiger partial charge in [-0.05, 0) is 42.5 Å². The van der Waals surface area contributed by atoms with Crippen LogP contribution in [0.1, 0.15) is 0 Å². The van der Waals surface area contributed by atoms with Crippen LogP contribution in [0.2, 0.25) is 10.0 Å². The van der Waals surface area contributed by atoms with Crippen molar-refractivity contribution in [1.29, 1.82) is 0 Å². The summed E-state index contributed by atoms with van der Waals surface area (Å²) in [7, 11) is 0. The lowest BCUT2D eigenvalue weighted by Gasteiger charge is -2.02. The van der Waals surface area contributed by atoms with Crippen LogP contribution in [0.4, 0.5) is 0 Å². The molecule has 19 heavy (non-hydrogen) atoms. The monoisotopic (exact) mass is 291 g/mol. The van der Waals surface area contributed by atoms with E-state index in [0.29, 0.717) is 26.6 Å². The van der Waals surface area contributed by atoms with Crippen molar-refractivity contribution >= 4 is 34.2 Å². The highest BCUT2D eigenvalue weighted by Gasteiger charge is 2.08. The Morgan fingerprint density at radius 1 is 0.947 bits per heavy atom. The first-order valence-electron chi connectivity index (χ1n) is 5.50. The van der Waals surface area contributed by atoms with Gasteiger partial charge in [0.2, 0.25) is 5.89 Å². The summed E-state index contributed by atoms with van der Waals surface area (Å²) in [5.74, 6) is 0.261. The van der Waals surface area contributed by atoms with Crippen LogP contribution >= 0.6 is 23.2 Å². The average Bonchev–Trinajstić information content (AvgIpc) is 2.40. The average molecular weight is 292 g/mol. The maximum Gasteiger partial charge on any atom is 0.284 e. The molecule has 0 N–H and O–H groups in total. The fourth-order valence-corrected chi connectivity index (χ4v) is 2.05. The van der Waals surface area contributed by atoms with Crippen molar-refractivity contribution in [3.05, 3.63) is 62.9 Å². The highest BCUT2D eigenvalue weighted by atomic mass is 35.5. The summed E-state index contributed by atoms with van der Waals surface area (Å²) in [5.41, 5.74) is 0.779. The van der Waals surface area contributed by atoms with Gasteiger partial charge in [-0.3, -0.25) is 4.79 Å². The molecule has 3 aromatic rings. The maximum atomic E-state index is 11.9. The molecule has 0 unspecified atom stereocenters. The second-order valence-corrected chi connectivity index (χ2v) is 4.84. The zero-order chi connectivity index (χ0) is 13.4. The van der Waals surface area contributed by atoms with Gasteiger partial charge < -0.3 is 4.42 Å². The molecule has 1 heterocycles. The summed E-state index contributed by atoms with van der Waals surface area (Å²) in [6.45, 7) is 0. The molecule has 2 aromatic carbocycles. The third-order valence-electron chi connectivity index (χ3n) is 2.67. The summed E-state index contributed by atoms with van der Waals surface area (Å²) in [6.07, 6.45) is 0. The van der Waals surface area contributed by atoms with E-state index in [1.807, 2.05) is 0 Å². The van der Waals surface area contributed by atoms with E-state index in [1.165, 1.54) is 0 Å². The molecule has 0 aliphatic carbocycles. The number of nitrogens with zero attached hydrogens (tertiary/aromatic N) is 1. The van der Waals surface area contributed by atoms with E-state index in [-0.39, 0.29) is 11.4 Å². The van der Waals surface area contributed by atoms with Crippen LogP contribution in [-0.2, 0) is 0 Å². The number of benzene rings is 2. The third-order valence-corrected chi connectivity index (χ3v) is 3.16. The van der Waals surface area contributed by atoms with Crippen molar-refractivity contribution < 1.29 is 4.42 Å². The van der Waals surface area contributed by atoms with Gasteiger partial charge in [0.15, 0.2) is 0 Å². The zero-order valence-electron chi connectivity index (χ0n) is 9.56. The van der Waals surface area contributed by atoms with Gasteiger partial charge in [0, 0.05) is 15.6 Å². The number of fused-ring (bicyclic) bond motifs is 1. The molecule has 94 valence electrons. The molecule has 0 spiro atoms. The first kappa shape index (κ1) is 12.2. The van der Waals surface area contributed by atoms with Gasteiger partial charge in [0.25, 0.3) is 5.56 Å². The molecule has 0 saturated carbocycles. The molecule has 0 bridgehead atoms. The Hall–Kier alpha value is -1.84. The molecular formula is C14H7Cl2NO2. The smallest absolute Gasteiger partial charge is 0.284 e. The second-order valence-electron chi connectivity index (χ2n) is 3.97. The summed E-state index contributed by atoms with van der Waals surface area (Å²) in [4.78, 5) is 15.9. The van der Waals surface area contributed by atoms with Gasteiger partial charge in [0.05, 0.1) is 5.39 Å². The Morgan fingerprint density at radius 2 is 1.63 bits per heavy atom. The van der Waals surface area contributed by atoms with Crippen LogP contribution in [0.3, 0.4) is 0 Å². The van der Waals surface area contributed by atoms with Gasteiger partial charge in [0.1, 0.15) is 5.58 Å². The van der Waals surface area contributed by atoms with Gasteiger partial charge in [-0.25, -0.2) is 0 Å². The van der Waals surface area contributed by atoms with Crippen LogP contribution in [0.15, 0.2) is 51.7 Å². The molecule has 3 rings (SSSR count). The number of hydrogen-bond acceptors (Lipinski definition) is 3. The minimum absolute atomic E-state index is 0.261. The van der Waals surface area contributed by atoms with Gasteiger partial charge in [-0.2, -0.15) is 4.98 Å². The normalized spacial score (nSPS) is 10.8. The molecule has 0 fully saturated rings. The van der Waals surface area contributed by atoms with E-state index in [2.05, 4.69) is 4.98 Å². The van der Waals surface area contributed by atoms with Crippen molar-refractivity contribution in [2.75, 3.05) is 0 Å². The number of aromatic nitrogens is 1. The summed E-state index contributed by atoms with van der Waals surface area (Å²) < 4.78 is 5.61. The molecular weight excluding hydrogens is 285 g/mol. The van der Waals surface area contributed by atoms with Crippen molar-refractivity contribution in [3.8, 4) is 11.5 Å². The van der Waals surface area contributed by atoms with Gasteiger partial charge >= 0.3 is 0 Å². The number of rotatable bonds is 1. The Bertz CT molecular complexity index is 810. The summed E-state index contributed by atoms with van der Waals surface area (Å²) in [5, 5.41) is 1.45. The second kappa shape index (κ2) is 4.68. The minimum atomic E-state index is -0.367. The first-order valence-corrected chi connectivity index (χ1v) is 6.25. The summed E-state index contributed by atoms with van der Waals surface area (Å²) >= 11 is 11.7. The van der Waals surface area contributed by atoms with E-state index in [0.717, 1.165) is 0 Å². The summed E-state index contributed by atoms with van der Waals surface area (Å²) in [6, 6.07) is 11.8. The highest BCUT2D eigenvalue weighted by Crippen LogP contribution is 2.23. The van der Waals surface area contributed by atoms with E-state index in [1.54, 1.807) is 42.5 Å². The predicted molar refractivity (Wildman–Crippen MR) is 75.7 cm³/mol. The lowest BCUT2D eigenvalue weighted by molar-refractivity contribution is 0.595. The fraction of sp³-hybridized carbons (Fsp3) is 0. The van der Waals surface area contributed by atoms with Gasteiger partial charge in [-0.1, -0.05) is 23.2 Å². The van der Waals surface area contributed by atoms with E-state index in [4.69, 9.17) is 27.6 Å². The SMILES string of the molecule is O=c1nc(-c2ccc(Cl)cc2)oc2ccc(Cl)cc12.